The monoisotopic (exact) mass is 522 g/mol. The molecule has 2 atom stereocenters. The summed E-state index contributed by atoms with van der Waals surface area (Å²) in [6, 6.07) is 13.0. The summed E-state index contributed by atoms with van der Waals surface area (Å²) in [4.78, 5) is 57.4. The van der Waals surface area contributed by atoms with Gasteiger partial charge < -0.3 is 20.1 Å². The summed E-state index contributed by atoms with van der Waals surface area (Å²) in [5, 5.41) is 6.96. The van der Waals surface area contributed by atoms with Crippen LogP contribution in [0.25, 0.3) is 0 Å². The van der Waals surface area contributed by atoms with Gasteiger partial charge in [0.05, 0.1) is 14.2 Å². The molecule has 1 saturated heterocycles. The highest BCUT2D eigenvalue weighted by Crippen LogP contribution is 2.35. The number of hydrogen-bond acceptors (Lipinski definition) is 8. The average Bonchev–Trinajstić information content (AvgIpc) is 3.48. The molecule has 1 aliphatic rings. The number of nitrogens with zero attached hydrogens (tertiary/aromatic N) is 2. The van der Waals surface area contributed by atoms with E-state index in [0.717, 1.165) is 21.8 Å². The zero-order valence-electron chi connectivity index (χ0n) is 20.7. The normalized spacial score (nSPS) is 16.2. The highest BCUT2D eigenvalue weighted by molar-refractivity contribution is 7.14. The van der Waals surface area contributed by atoms with Crippen molar-refractivity contribution in [1.82, 2.24) is 15.2 Å². The molecule has 2 aromatic carbocycles. The Bertz CT molecular complexity index is 1320. The molecule has 2 heterocycles. The maximum Gasteiger partial charge on any atom is 0.357 e. The second-order valence-electron chi connectivity index (χ2n) is 8.87. The molecule has 10 nitrogen and oxygen atoms in total. The predicted molar refractivity (Wildman–Crippen MR) is 136 cm³/mol. The minimum absolute atomic E-state index is 0.0382. The molecule has 0 radical (unpaired) electrons. The van der Waals surface area contributed by atoms with Gasteiger partial charge >= 0.3 is 12.0 Å². The minimum Gasteiger partial charge on any atom is -0.497 e. The number of amides is 4. The average molecular weight is 523 g/mol. The van der Waals surface area contributed by atoms with Gasteiger partial charge in [0.1, 0.15) is 17.8 Å². The molecule has 4 rings (SSSR count). The van der Waals surface area contributed by atoms with E-state index < -0.39 is 41.3 Å². The van der Waals surface area contributed by atoms with Crippen LogP contribution < -0.4 is 15.4 Å². The molecule has 2 N–H and O–H groups in total. The zero-order valence-corrected chi connectivity index (χ0v) is 21.5. The van der Waals surface area contributed by atoms with Crippen molar-refractivity contribution in [3.63, 3.8) is 0 Å². The van der Waals surface area contributed by atoms with Gasteiger partial charge in [-0.25, -0.2) is 19.5 Å². The summed E-state index contributed by atoms with van der Waals surface area (Å²) in [5.41, 5.74) is 0.352. The maximum atomic E-state index is 13.7. The van der Waals surface area contributed by atoms with Gasteiger partial charge in [-0.05, 0) is 23.3 Å². The van der Waals surface area contributed by atoms with E-state index in [1.54, 1.807) is 38.1 Å². The van der Waals surface area contributed by atoms with Crippen molar-refractivity contribution in [2.24, 2.45) is 0 Å². The maximum absolute atomic E-state index is 13.7. The summed E-state index contributed by atoms with van der Waals surface area (Å²) >= 11 is 1.03. The lowest BCUT2D eigenvalue weighted by Crippen LogP contribution is -2.57. The number of imide groups is 1. The first-order valence-corrected chi connectivity index (χ1v) is 12.2. The van der Waals surface area contributed by atoms with E-state index in [9.17, 15) is 19.2 Å². The van der Waals surface area contributed by atoms with Crippen LogP contribution in [0.5, 0.6) is 5.75 Å². The smallest absolute Gasteiger partial charge is 0.357 e. The number of methoxy groups -OCH3 is 2. The summed E-state index contributed by atoms with van der Waals surface area (Å²) in [7, 11) is 2.76. The molecule has 0 bridgehead atoms. The quantitative estimate of drug-likeness (QED) is 0.342. The highest BCUT2D eigenvalue weighted by Gasteiger charge is 2.51. The number of nitrogens with one attached hydrogen (secondary N) is 2. The molecule has 1 aliphatic heterocycles. The number of carbonyl (C=O) groups is 4. The van der Waals surface area contributed by atoms with Crippen molar-refractivity contribution in [3.05, 3.63) is 76.8 Å². The van der Waals surface area contributed by atoms with Gasteiger partial charge in [-0.3, -0.25) is 9.59 Å². The number of esters is 1. The number of thiazole rings is 1. The molecule has 3 aromatic rings. The number of anilines is 1. The molecule has 0 unspecified atom stereocenters. The van der Waals surface area contributed by atoms with Crippen LogP contribution in [0.4, 0.5) is 9.93 Å². The Morgan fingerprint density at radius 3 is 2.38 bits per heavy atom. The van der Waals surface area contributed by atoms with Gasteiger partial charge in [0, 0.05) is 10.8 Å². The lowest BCUT2D eigenvalue weighted by molar-refractivity contribution is -0.136. The number of ether oxygens (including phenoxy) is 2. The predicted octanol–water partition coefficient (Wildman–Crippen LogP) is 3.52. The van der Waals surface area contributed by atoms with Crippen LogP contribution in [0.15, 0.2) is 60.0 Å². The summed E-state index contributed by atoms with van der Waals surface area (Å²) in [6.07, 6.45) is 0. The van der Waals surface area contributed by atoms with E-state index in [0.29, 0.717) is 11.3 Å². The van der Waals surface area contributed by atoms with Crippen LogP contribution in [-0.2, 0) is 19.7 Å². The molecular formula is C26H26N4O6S. The third-order valence-electron chi connectivity index (χ3n) is 6.26. The number of rotatable bonds is 8. The Hall–Kier alpha value is -4.25. The van der Waals surface area contributed by atoms with Gasteiger partial charge in [0.15, 0.2) is 10.8 Å². The fourth-order valence-corrected chi connectivity index (χ4v) is 4.94. The van der Waals surface area contributed by atoms with Crippen molar-refractivity contribution in [2.75, 3.05) is 19.5 Å². The molecule has 1 fully saturated rings. The van der Waals surface area contributed by atoms with Crippen molar-refractivity contribution in [3.8, 4) is 5.75 Å². The molecule has 4 amide bonds. The van der Waals surface area contributed by atoms with E-state index in [2.05, 4.69) is 20.4 Å². The molecule has 0 spiro atoms. The number of carbonyl (C=O) groups excluding carboxylic acids is 4. The van der Waals surface area contributed by atoms with Crippen LogP contribution in [0.1, 0.15) is 41.5 Å². The SMILES string of the molecule is COC(=O)c1csc(NC(=O)[C@@H](N2C(=O)N[C@H](c3ccc(OC)cc3)C2=O)C(C)(C)c2ccccc2)n1. The Balaban J connectivity index is 1.70. The Morgan fingerprint density at radius 1 is 1.08 bits per heavy atom. The summed E-state index contributed by atoms with van der Waals surface area (Å²) in [6.45, 7) is 3.57. The Kier molecular flexibility index (Phi) is 7.25. The van der Waals surface area contributed by atoms with Crippen LogP contribution >= 0.6 is 11.3 Å². The molecule has 192 valence electrons. The van der Waals surface area contributed by atoms with E-state index in [1.807, 2.05) is 30.3 Å². The molecule has 0 aliphatic carbocycles. The second-order valence-corrected chi connectivity index (χ2v) is 9.73. The highest BCUT2D eigenvalue weighted by atomic mass is 32.1. The van der Waals surface area contributed by atoms with Gasteiger partial charge in [-0.1, -0.05) is 56.3 Å². The third-order valence-corrected chi connectivity index (χ3v) is 7.01. The van der Waals surface area contributed by atoms with E-state index in [4.69, 9.17) is 4.74 Å². The number of aromatic nitrogens is 1. The van der Waals surface area contributed by atoms with Crippen LogP contribution in [-0.4, -0.2) is 54.0 Å². The molecule has 0 saturated carbocycles. The molecule has 1 aromatic heterocycles. The third kappa shape index (κ3) is 5.03. The second kappa shape index (κ2) is 10.4. The van der Waals surface area contributed by atoms with Crippen LogP contribution in [0, 0.1) is 0 Å². The molecule has 11 heteroatoms. The molecular weight excluding hydrogens is 496 g/mol. The lowest BCUT2D eigenvalue weighted by Gasteiger charge is -2.37. The van der Waals surface area contributed by atoms with Gasteiger partial charge in [-0.15, -0.1) is 11.3 Å². The Labute approximate surface area is 217 Å². The first-order chi connectivity index (χ1) is 17.7. The fraction of sp³-hybridized carbons (Fsp3) is 0.269. The first-order valence-electron chi connectivity index (χ1n) is 11.3. The van der Waals surface area contributed by atoms with Crippen molar-refractivity contribution < 1.29 is 28.7 Å². The van der Waals surface area contributed by atoms with E-state index in [-0.39, 0.29) is 10.8 Å². The largest absolute Gasteiger partial charge is 0.497 e. The van der Waals surface area contributed by atoms with Gasteiger partial charge in [-0.2, -0.15) is 0 Å². The summed E-state index contributed by atoms with van der Waals surface area (Å²) in [5.74, 6) is -1.23. The first kappa shape index (κ1) is 25.8. The number of benzene rings is 2. The van der Waals surface area contributed by atoms with Gasteiger partial charge in [0.25, 0.3) is 5.91 Å². The topological polar surface area (TPSA) is 127 Å². The lowest BCUT2D eigenvalue weighted by atomic mass is 9.76. The minimum atomic E-state index is -1.24. The Morgan fingerprint density at radius 2 is 1.76 bits per heavy atom. The molecule has 37 heavy (non-hydrogen) atoms. The van der Waals surface area contributed by atoms with Crippen molar-refractivity contribution in [1.29, 1.82) is 0 Å². The fourth-order valence-electron chi connectivity index (χ4n) is 4.26. The van der Waals surface area contributed by atoms with E-state index >= 15 is 0 Å². The van der Waals surface area contributed by atoms with Crippen molar-refractivity contribution >= 4 is 40.3 Å². The zero-order chi connectivity index (χ0) is 26.7. The van der Waals surface area contributed by atoms with Crippen LogP contribution in [0.2, 0.25) is 0 Å². The van der Waals surface area contributed by atoms with Crippen molar-refractivity contribution in [2.45, 2.75) is 31.3 Å². The van der Waals surface area contributed by atoms with E-state index in [1.165, 1.54) is 19.6 Å². The standard InChI is InChI=1S/C26H26N4O6S/c1-26(2,16-8-6-5-7-9-16)20(21(31)29-24-27-18(14-37-24)23(33)36-4)30-22(32)19(28-25(30)34)15-10-12-17(35-3)13-11-15/h5-14,19-20H,1-4H3,(H,28,34)(H,27,29,31)/t19-,20-/m1/s1. The van der Waals surface area contributed by atoms with Crippen LogP contribution in [0.3, 0.4) is 0 Å². The summed E-state index contributed by atoms with van der Waals surface area (Å²) < 4.78 is 9.85. The number of urea groups is 1. The van der Waals surface area contributed by atoms with Gasteiger partial charge in [0.2, 0.25) is 5.91 Å². The number of hydrogen-bond donors (Lipinski definition) is 2.